The quantitative estimate of drug-likeness (QED) is 0.169. The van der Waals surface area contributed by atoms with Crippen LogP contribution in [0.3, 0.4) is 0 Å². The highest BCUT2D eigenvalue weighted by Crippen LogP contribution is 2.39. The van der Waals surface area contributed by atoms with E-state index in [0.29, 0.717) is 44.9 Å². The Hall–Kier alpha value is -8.35. The number of ether oxygens (including phenoxy) is 1. The van der Waals surface area contributed by atoms with E-state index < -0.39 is 198 Å². The van der Waals surface area contributed by atoms with Gasteiger partial charge < -0.3 is 64.8 Å². The number of hydrogen-bond donors (Lipinski definition) is 3. The zero-order valence-corrected chi connectivity index (χ0v) is 64.0. The number of halogens is 7. The van der Waals surface area contributed by atoms with Crippen LogP contribution < -0.4 is 16.0 Å². The molecule has 25 nitrogen and oxygen atoms in total. The second-order valence-corrected chi connectivity index (χ2v) is 30.3. The number of likely N-dealkylation sites (N-methyl/N-ethyl adjacent to an activating group) is 7. The molecule has 0 unspecified atom stereocenters. The molecular weight excluding hydrogens is 1430 g/mol. The van der Waals surface area contributed by atoms with Gasteiger partial charge in [0, 0.05) is 75.9 Å². The number of benzene rings is 2. The molecule has 7 rings (SSSR count). The van der Waals surface area contributed by atoms with Gasteiger partial charge in [0.05, 0.1) is 48.9 Å². The Morgan fingerprint density at radius 3 is 1.89 bits per heavy atom. The lowest BCUT2D eigenvalue weighted by molar-refractivity contribution is -0.156. The van der Waals surface area contributed by atoms with E-state index in [9.17, 15) is 55.1 Å². The Morgan fingerprint density at radius 1 is 0.654 bits per heavy atom. The summed E-state index contributed by atoms with van der Waals surface area (Å²) in [5.74, 6) is -10.7. The normalized spacial score (nSPS) is 25.9. The first-order valence-electron chi connectivity index (χ1n) is 36.8. The molecule has 1 spiro atoms. The summed E-state index contributed by atoms with van der Waals surface area (Å²) in [4.78, 5) is 191. The molecule has 3 aliphatic heterocycles. The van der Waals surface area contributed by atoms with Gasteiger partial charge >= 0.3 is 12.4 Å². The molecule has 2 saturated heterocycles. The van der Waals surface area contributed by atoms with E-state index in [2.05, 4.69) is 16.0 Å². The average molecular weight is 1530 g/mol. The summed E-state index contributed by atoms with van der Waals surface area (Å²) in [5.41, 5.74) is -3.44. The van der Waals surface area contributed by atoms with Gasteiger partial charge in [-0.25, -0.2) is 0 Å². The SMILES string of the molecule is CC[C@H](C)[C@@H]1NC(=O)[C@H](CC(C)C)N(C)C(=O)C[C@@H](C(=O)N(C)C)N(C)C(=O)[C@H](C2CCCC2)N(C)C(=O)C2(CCCC2)NC(=O)[C@@H]2CCCN2C(=O)[C@H](CCc2ccc(C(F)(F)F)c(Cl)c2)NC(=O)CN(C)C(=O)[C@H](Cc2ccc(C(F)(F)F)cc2)N2CC/C=C\COC[C@@H](C2=O)N(C)C(=O)CN(C)C1=O. The molecule has 0 aromatic heterocycles. The van der Waals surface area contributed by atoms with Crippen LogP contribution in [0.15, 0.2) is 54.6 Å². The van der Waals surface area contributed by atoms with Gasteiger partial charge in [-0.3, -0.25) is 57.5 Å². The van der Waals surface area contributed by atoms with Crippen molar-refractivity contribution in [3.8, 4) is 0 Å². The molecule has 0 radical (unpaired) electrons. The highest BCUT2D eigenvalue weighted by Gasteiger charge is 2.52. The van der Waals surface area contributed by atoms with Crippen molar-refractivity contribution in [1.82, 2.24) is 60.0 Å². The molecule has 2 aromatic rings. The molecule has 32 heteroatoms. The first-order valence-corrected chi connectivity index (χ1v) is 37.1. The molecule has 9 atom stereocenters. The number of carbonyl (C=O) groups is 12. The van der Waals surface area contributed by atoms with Crippen molar-refractivity contribution >= 4 is 82.5 Å². The van der Waals surface area contributed by atoms with Crippen molar-refractivity contribution in [1.29, 1.82) is 0 Å². The van der Waals surface area contributed by atoms with Gasteiger partial charge in [0.1, 0.15) is 53.9 Å². The number of nitrogens with zero attached hydrogens (tertiary/aromatic N) is 9. The molecule has 2 aliphatic carbocycles. The molecule has 5 aliphatic rings. The maximum absolute atomic E-state index is 15.6. The van der Waals surface area contributed by atoms with Crippen LogP contribution >= 0.6 is 11.6 Å². The van der Waals surface area contributed by atoms with Crippen molar-refractivity contribution in [2.75, 3.05) is 95.8 Å². The zero-order valence-electron chi connectivity index (χ0n) is 63.3. The number of aryl methyl sites for hydroxylation is 1. The van der Waals surface area contributed by atoms with E-state index in [1.807, 2.05) is 13.8 Å². The summed E-state index contributed by atoms with van der Waals surface area (Å²) in [5, 5.41) is 7.89. The minimum absolute atomic E-state index is 0.0378. The molecule has 4 fully saturated rings. The van der Waals surface area contributed by atoms with Crippen molar-refractivity contribution in [2.24, 2.45) is 17.8 Å². The molecule has 107 heavy (non-hydrogen) atoms. The van der Waals surface area contributed by atoms with E-state index in [-0.39, 0.29) is 88.1 Å². The predicted molar refractivity (Wildman–Crippen MR) is 384 cm³/mol. The number of rotatable bonds is 11. The third-order valence-corrected chi connectivity index (χ3v) is 22.0. The van der Waals surface area contributed by atoms with Crippen LogP contribution in [0.1, 0.15) is 146 Å². The predicted octanol–water partition coefficient (Wildman–Crippen LogP) is 6.12. The second-order valence-electron chi connectivity index (χ2n) is 29.9. The summed E-state index contributed by atoms with van der Waals surface area (Å²) in [6.07, 6.45) is -3.61. The number of fused-ring (bicyclic) bond motifs is 3. The Kier molecular flexibility index (Phi) is 29.8. The molecule has 3 heterocycles. The molecule has 2 aromatic carbocycles. The topological polar surface area (TPSA) is 279 Å². The molecule has 592 valence electrons. The van der Waals surface area contributed by atoms with Crippen LogP contribution in [-0.4, -0.2) is 265 Å². The van der Waals surface area contributed by atoms with Gasteiger partial charge in [0.25, 0.3) is 0 Å². The van der Waals surface area contributed by atoms with Crippen molar-refractivity contribution in [2.45, 2.75) is 203 Å². The fourth-order valence-electron chi connectivity index (χ4n) is 15.1. The van der Waals surface area contributed by atoms with Crippen molar-refractivity contribution in [3.63, 3.8) is 0 Å². The van der Waals surface area contributed by atoms with E-state index >= 15 is 28.8 Å². The van der Waals surface area contributed by atoms with Crippen LogP contribution in [0.2, 0.25) is 5.02 Å². The summed E-state index contributed by atoms with van der Waals surface area (Å²) in [6.45, 7) is 4.72. The molecular formula is C75H105ClF6N12O13. The summed E-state index contributed by atoms with van der Waals surface area (Å²) in [6, 6.07) is -4.57. The first-order chi connectivity index (χ1) is 50.2. The van der Waals surface area contributed by atoms with Crippen LogP contribution in [-0.2, 0) is 87.5 Å². The van der Waals surface area contributed by atoms with Gasteiger partial charge in [0.2, 0.25) is 70.9 Å². The summed E-state index contributed by atoms with van der Waals surface area (Å²) in [7, 11) is 10.9. The van der Waals surface area contributed by atoms with E-state index in [1.54, 1.807) is 26.0 Å². The van der Waals surface area contributed by atoms with E-state index in [4.69, 9.17) is 16.3 Å². The van der Waals surface area contributed by atoms with Crippen LogP contribution in [0, 0.1) is 17.8 Å². The first kappa shape index (κ1) is 85.9. The van der Waals surface area contributed by atoms with Gasteiger partial charge in [0.15, 0.2) is 0 Å². The van der Waals surface area contributed by atoms with Crippen LogP contribution in [0.25, 0.3) is 0 Å². The summed E-state index contributed by atoms with van der Waals surface area (Å²) < 4.78 is 89.8. The highest BCUT2D eigenvalue weighted by atomic mass is 35.5. The fraction of sp³-hybridized carbons (Fsp3) is 0.653. The van der Waals surface area contributed by atoms with Gasteiger partial charge in [-0.2, -0.15) is 26.3 Å². The number of amides is 12. The number of nitrogens with one attached hydrogen (secondary N) is 3. The average Bonchev–Trinajstić information content (AvgIpc) is 1.51. The zero-order chi connectivity index (χ0) is 79.3. The molecule has 3 N–H and O–H groups in total. The smallest absolute Gasteiger partial charge is 0.375 e. The highest BCUT2D eigenvalue weighted by molar-refractivity contribution is 6.31. The summed E-state index contributed by atoms with van der Waals surface area (Å²) >= 11 is 6.16. The lowest BCUT2D eigenvalue weighted by Gasteiger charge is -2.42. The number of alkyl halides is 6. The number of carbonyl (C=O) groups excluding carboxylic acids is 12. The van der Waals surface area contributed by atoms with Crippen LogP contribution in [0.5, 0.6) is 0 Å². The Balaban J connectivity index is 1.34. The van der Waals surface area contributed by atoms with Crippen molar-refractivity contribution < 1.29 is 88.6 Å². The Bertz CT molecular complexity index is 3590. The maximum Gasteiger partial charge on any atom is 0.417 e. The monoisotopic (exact) mass is 1530 g/mol. The Labute approximate surface area is 627 Å². The molecule has 12 amide bonds. The fourth-order valence-corrected chi connectivity index (χ4v) is 15.4. The third-order valence-electron chi connectivity index (χ3n) is 21.6. The van der Waals surface area contributed by atoms with Gasteiger partial charge in [-0.15, -0.1) is 0 Å². The minimum atomic E-state index is -4.82. The second kappa shape index (κ2) is 37.2. The van der Waals surface area contributed by atoms with E-state index in [0.717, 1.165) is 67.0 Å². The van der Waals surface area contributed by atoms with E-state index in [1.165, 1.54) is 76.0 Å². The standard InChI is InChI=1S/C75H105ClF6N12O13/c1-13-46(4)62-70(104)88(8)43-61(97)90(10)58-44-107-37-20-14-19-35-94(69(58)103)57(40-48-25-29-50(30-26-48)74(77,78)79)68(102)87(7)42-59(95)83-53(32-28-47-27-31-51(52(76)39-47)75(80,81)82)66(100)93-36-21-24-54(93)65(99)85-73(33-17-18-34-73)72(106)92(12)63(49-22-15-16-23-49)71(105)91(11)56(67(101)86(5)6)41-60(96)89(9)55(38-45(2)3)64(98)84-62/h14,20,25-27,29-31,39,45-46,49,53-58,62-63H,13,15-19,21-24,28,32-38,40-44H2,1-12H3,(H,83,95)(H,84,98)(H,85,99)/b20-14-/t46-,53-,54-,55-,56-,57-,58-,62-,63-/m0/s1. The van der Waals surface area contributed by atoms with Crippen molar-refractivity contribution in [3.05, 3.63) is 81.9 Å². The lowest BCUT2D eigenvalue weighted by atomic mass is 9.90. The Morgan fingerprint density at radius 2 is 1.29 bits per heavy atom. The van der Waals surface area contributed by atoms with Gasteiger partial charge in [-0.05, 0) is 117 Å². The van der Waals surface area contributed by atoms with Gasteiger partial charge in [-0.1, -0.05) is 102 Å². The third kappa shape index (κ3) is 21.3. The van der Waals surface area contributed by atoms with Crippen LogP contribution in [0.4, 0.5) is 26.3 Å². The number of hydrogen-bond acceptors (Lipinski definition) is 13. The molecule has 2 bridgehead atoms. The molecule has 2 saturated carbocycles. The largest absolute Gasteiger partial charge is 0.417 e. The lowest BCUT2D eigenvalue weighted by Crippen LogP contribution is -2.65. The minimum Gasteiger partial charge on any atom is -0.375 e. The maximum atomic E-state index is 15.6.